The van der Waals surface area contributed by atoms with Gasteiger partial charge in [-0.3, -0.25) is 9.69 Å². The molecule has 2 saturated heterocycles. The molecule has 32 heavy (non-hydrogen) atoms. The van der Waals surface area contributed by atoms with E-state index < -0.39 is 32.9 Å². The number of nitrogens with zero attached hydrogens (tertiary/aromatic N) is 2. The first kappa shape index (κ1) is 22.9. The van der Waals surface area contributed by atoms with Crippen LogP contribution in [0.2, 0.25) is 0 Å². The van der Waals surface area contributed by atoms with Gasteiger partial charge in [-0.15, -0.1) is 0 Å². The number of amides is 1. The average Bonchev–Trinajstić information content (AvgIpc) is 3.36. The first-order chi connectivity index (χ1) is 15.1. The molecule has 4 rings (SSSR count). The van der Waals surface area contributed by atoms with Crippen molar-refractivity contribution in [1.82, 2.24) is 9.80 Å². The molecule has 2 aliphatic rings. The fourth-order valence-electron chi connectivity index (χ4n) is 4.81. The highest BCUT2D eigenvalue weighted by Gasteiger charge is 2.35. The Bertz CT molecular complexity index is 1100. The summed E-state index contributed by atoms with van der Waals surface area (Å²) in [5.41, 5.74) is 0.194. The Morgan fingerprint density at radius 2 is 1.62 bits per heavy atom. The lowest BCUT2D eigenvalue weighted by Gasteiger charge is -2.31. The molecule has 0 radical (unpaired) electrons. The van der Waals surface area contributed by atoms with Gasteiger partial charge in [-0.2, -0.15) is 0 Å². The van der Waals surface area contributed by atoms with Crippen LogP contribution in [-0.2, 0) is 9.84 Å². The van der Waals surface area contributed by atoms with Crippen molar-refractivity contribution < 1.29 is 22.0 Å². The van der Waals surface area contributed by atoms with Gasteiger partial charge in [0, 0.05) is 31.4 Å². The number of hydrogen-bond donors (Lipinski definition) is 0. The zero-order chi connectivity index (χ0) is 23.0. The van der Waals surface area contributed by atoms with Crippen LogP contribution in [0.25, 0.3) is 11.1 Å². The molecule has 2 aromatic carbocycles. The van der Waals surface area contributed by atoms with Crippen LogP contribution in [0.1, 0.15) is 43.0 Å². The maximum Gasteiger partial charge on any atom is 0.260 e. The van der Waals surface area contributed by atoms with E-state index in [1.165, 1.54) is 24.3 Å². The molecular formula is C24H28F2N2O3S. The van der Waals surface area contributed by atoms with E-state index in [4.69, 9.17) is 0 Å². The molecule has 8 heteroatoms. The Labute approximate surface area is 187 Å². The average molecular weight is 463 g/mol. The van der Waals surface area contributed by atoms with Crippen LogP contribution in [0.3, 0.4) is 0 Å². The van der Waals surface area contributed by atoms with Crippen molar-refractivity contribution in [3.63, 3.8) is 0 Å². The number of halogens is 2. The highest BCUT2D eigenvalue weighted by molar-refractivity contribution is 7.90. The second-order valence-corrected chi connectivity index (χ2v) is 10.9. The van der Waals surface area contributed by atoms with E-state index in [0.29, 0.717) is 18.2 Å². The monoisotopic (exact) mass is 462 g/mol. The lowest BCUT2D eigenvalue weighted by Crippen LogP contribution is -2.44. The van der Waals surface area contributed by atoms with Gasteiger partial charge in [-0.25, -0.2) is 17.2 Å². The summed E-state index contributed by atoms with van der Waals surface area (Å²) < 4.78 is 53.2. The third-order valence-electron chi connectivity index (χ3n) is 6.65. The number of sulfone groups is 1. The quantitative estimate of drug-likeness (QED) is 0.671. The molecule has 0 spiro atoms. The zero-order valence-corrected chi connectivity index (χ0v) is 19.2. The van der Waals surface area contributed by atoms with Gasteiger partial charge in [0.2, 0.25) is 0 Å². The van der Waals surface area contributed by atoms with Crippen LogP contribution in [0.15, 0.2) is 41.3 Å². The van der Waals surface area contributed by atoms with Crippen molar-refractivity contribution >= 4 is 15.7 Å². The molecular weight excluding hydrogens is 434 g/mol. The third kappa shape index (κ3) is 4.57. The van der Waals surface area contributed by atoms with Crippen molar-refractivity contribution in [2.75, 3.05) is 25.9 Å². The Balaban J connectivity index is 1.57. The highest BCUT2D eigenvalue weighted by atomic mass is 32.2. The van der Waals surface area contributed by atoms with E-state index in [1.807, 2.05) is 0 Å². The first-order valence-corrected chi connectivity index (χ1v) is 12.9. The Morgan fingerprint density at radius 3 is 2.19 bits per heavy atom. The van der Waals surface area contributed by atoms with Gasteiger partial charge < -0.3 is 4.90 Å². The molecule has 0 aliphatic carbocycles. The van der Waals surface area contributed by atoms with Gasteiger partial charge in [0.25, 0.3) is 5.91 Å². The summed E-state index contributed by atoms with van der Waals surface area (Å²) in [6.45, 7) is 4.41. The number of likely N-dealkylation sites (tertiary alicyclic amines) is 2. The number of carbonyl (C=O) groups is 1. The standard InChI is InChI=1S/C24H28F2N2O3S/c1-16-5-3-11-27(16)15-19-6-4-12-28(19)24(29)23-21(25)13-18(14-22(23)26)17-7-9-20(10-8-17)32(2,30)31/h7-10,13-14,16,19H,3-6,11-12,15H2,1-2H3. The van der Waals surface area contributed by atoms with Gasteiger partial charge in [0.15, 0.2) is 9.84 Å². The second-order valence-electron chi connectivity index (χ2n) is 8.89. The molecule has 0 bridgehead atoms. The minimum Gasteiger partial charge on any atom is -0.334 e. The van der Waals surface area contributed by atoms with Gasteiger partial charge >= 0.3 is 0 Å². The summed E-state index contributed by atoms with van der Waals surface area (Å²) in [5, 5.41) is 0. The fourth-order valence-corrected chi connectivity index (χ4v) is 5.44. The SMILES string of the molecule is CC1CCCN1CC1CCCN1C(=O)c1c(F)cc(-c2ccc(S(C)(=O)=O)cc2)cc1F. The molecule has 2 atom stereocenters. The van der Waals surface area contributed by atoms with E-state index in [1.54, 1.807) is 4.90 Å². The molecule has 2 unspecified atom stereocenters. The van der Waals surface area contributed by atoms with Crippen molar-refractivity contribution in [3.8, 4) is 11.1 Å². The summed E-state index contributed by atoms with van der Waals surface area (Å²) in [5.74, 6) is -2.41. The Hall–Kier alpha value is -2.32. The topological polar surface area (TPSA) is 57.7 Å². The Kier molecular flexibility index (Phi) is 6.36. The molecule has 2 heterocycles. The van der Waals surface area contributed by atoms with Crippen LogP contribution < -0.4 is 0 Å². The van der Waals surface area contributed by atoms with Crippen LogP contribution in [0, 0.1) is 11.6 Å². The summed E-state index contributed by atoms with van der Waals surface area (Å²) in [4.78, 5) is 17.2. The molecule has 2 aliphatic heterocycles. The number of benzene rings is 2. The van der Waals surface area contributed by atoms with Gasteiger partial charge in [0.05, 0.1) is 4.90 Å². The van der Waals surface area contributed by atoms with Crippen LogP contribution in [0.5, 0.6) is 0 Å². The van der Waals surface area contributed by atoms with Crippen LogP contribution in [0.4, 0.5) is 8.78 Å². The molecule has 5 nitrogen and oxygen atoms in total. The van der Waals surface area contributed by atoms with Crippen molar-refractivity contribution in [2.24, 2.45) is 0 Å². The van der Waals surface area contributed by atoms with Crippen molar-refractivity contribution in [3.05, 3.63) is 53.6 Å². The molecule has 172 valence electrons. The first-order valence-electron chi connectivity index (χ1n) is 11.0. The molecule has 2 aromatic rings. The number of carbonyl (C=O) groups excluding carboxylic acids is 1. The van der Waals surface area contributed by atoms with E-state index in [0.717, 1.165) is 57.2 Å². The van der Waals surface area contributed by atoms with Crippen molar-refractivity contribution in [2.45, 2.75) is 49.6 Å². The van der Waals surface area contributed by atoms with Gasteiger partial charge in [-0.1, -0.05) is 12.1 Å². The number of rotatable bonds is 5. The molecule has 0 aromatic heterocycles. The maximum absolute atomic E-state index is 15.0. The summed E-state index contributed by atoms with van der Waals surface area (Å²) in [6.07, 6.45) is 5.03. The van der Waals surface area contributed by atoms with E-state index >= 15 is 0 Å². The smallest absolute Gasteiger partial charge is 0.260 e. The minimum absolute atomic E-state index is 0.0370. The largest absolute Gasteiger partial charge is 0.334 e. The Morgan fingerprint density at radius 1 is 1.00 bits per heavy atom. The predicted octanol–water partition coefficient (Wildman–Crippen LogP) is 4.12. The summed E-state index contributed by atoms with van der Waals surface area (Å²) in [6, 6.07) is 8.50. The normalized spacial score (nSPS) is 21.9. The van der Waals surface area contributed by atoms with E-state index in [-0.39, 0.29) is 16.5 Å². The van der Waals surface area contributed by atoms with E-state index in [2.05, 4.69) is 11.8 Å². The van der Waals surface area contributed by atoms with Gasteiger partial charge in [-0.05, 0) is 74.5 Å². The zero-order valence-electron chi connectivity index (χ0n) is 18.4. The molecule has 2 fully saturated rings. The lowest BCUT2D eigenvalue weighted by atomic mass is 10.0. The lowest BCUT2D eigenvalue weighted by molar-refractivity contribution is 0.0687. The van der Waals surface area contributed by atoms with Gasteiger partial charge in [0.1, 0.15) is 17.2 Å². The van der Waals surface area contributed by atoms with E-state index in [9.17, 15) is 22.0 Å². The maximum atomic E-state index is 15.0. The molecule has 0 N–H and O–H groups in total. The highest BCUT2D eigenvalue weighted by Crippen LogP contribution is 2.29. The second kappa shape index (κ2) is 8.90. The fraction of sp³-hybridized carbons (Fsp3) is 0.458. The van der Waals surface area contributed by atoms with Crippen LogP contribution >= 0.6 is 0 Å². The third-order valence-corrected chi connectivity index (χ3v) is 7.77. The predicted molar refractivity (Wildman–Crippen MR) is 119 cm³/mol. The summed E-state index contributed by atoms with van der Waals surface area (Å²) >= 11 is 0. The van der Waals surface area contributed by atoms with Crippen molar-refractivity contribution in [1.29, 1.82) is 0 Å². The molecule has 0 saturated carbocycles. The number of hydrogen-bond acceptors (Lipinski definition) is 4. The van der Waals surface area contributed by atoms with Crippen LogP contribution in [-0.4, -0.2) is 62.1 Å². The minimum atomic E-state index is -3.36. The summed E-state index contributed by atoms with van der Waals surface area (Å²) in [7, 11) is -3.36. The molecule has 1 amide bonds.